The first-order chi connectivity index (χ1) is 11.6. The second-order valence-electron chi connectivity index (χ2n) is 5.71. The monoisotopic (exact) mass is 338 g/mol. The molecule has 3 aromatic rings. The van der Waals surface area contributed by atoms with Crippen LogP contribution in [-0.2, 0) is 16.1 Å². The Kier molecular flexibility index (Phi) is 5.06. The predicted molar refractivity (Wildman–Crippen MR) is 96.4 cm³/mol. The largest absolute Gasteiger partial charge is 0.461 e. The van der Waals surface area contributed by atoms with Gasteiger partial charge in [0.15, 0.2) is 5.78 Å². The van der Waals surface area contributed by atoms with Crippen LogP contribution in [0.5, 0.6) is 0 Å². The minimum absolute atomic E-state index is 0.0343. The predicted octanol–water partition coefficient (Wildman–Crippen LogP) is 4.92. The van der Waals surface area contributed by atoms with Gasteiger partial charge in [0.1, 0.15) is 6.61 Å². The third-order valence-corrected chi connectivity index (χ3v) is 4.89. The number of rotatable bonds is 6. The molecule has 0 aliphatic carbocycles. The molecule has 1 heterocycles. The number of thiophene rings is 1. The Morgan fingerprint density at radius 3 is 2.54 bits per heavy atom. The number of hydrogen-bond donors (Lipinski definition) is 0. The number of hydrogen-bond acceptors (Lipinski definition) is 4. The van der Waals surface area contributed by atoms with Gasteiger partial charge < -0.3 is 4.74 Å². The zero-order valence-corrected chi connectivity index (χ0v) is 14.3. The van der Waals surface area contributed by atoms with Crippen molar-refractivity contribution in [1.82, 2.24) is 0 Å². The number of carbonyl (C=O) groups is 2. The fourth-order valence-corrected chi connectivity index (χ4v) is 3.42. The van der Waals surface area contributed by atoms with Gasteiger partial charge in [-0.25, -0.2) is 0 Å². The molecule has 0 fully saturated rings. The van der Waals surface area contributed by atoms with Crippen LogP contribution in [0.3, 0.4) is 0 Å². The zero-order chi connectivity index (χ0) is 16.9. The molecule has 24 heavy (non-hydrogen) atoms. The molecule has 0 amide bonds. The Labute approximate surface area is 144 Å². The van der Waals surface area contributed by atoms with Gasteiger partial charge in [-0.1, -0.05) is 48.0 Å². The second-order valence-corrected chi connectivity index (χ2v) is 6.62. The third-order valence-electron chi connectivity index (χ3n) is 3.88. The van der Waals surface area contributed by atoms with Crippen LogP contribution in [0.25, 0.3) is 10.1 Å². The van der Waals surface area contributed by atoms with E-state index in [-0.39, 0.29) is 31.2 Å². The molecule has 1 aromatic heterocycles. The summed E-state index contributed by atoms with van der Waals surface area (Å²) in [5, 5.41) is 3.13. The highest BCUT2D eigenvalue weighted by molar-refractivity contribution is 7.17. The molecule has 0 radical (unpaired) electrons. The Bertz CT molecular complexity index is 862. The van der Waals surface area contributed by atoms with Crippen molar-refractivity contribution in [2.24, 2.45) is 0 Å². The van der Waals surface area contributed by atoms with Gasteiger partial charge in [-0.05, 0) is 23.8 Å². The van der Waals surface area contributed by atoms with Gasteiger partial charge >= 0.3 is 5.97 Å². The highest BCUT2D eigenvalue weighted by atomic mass is 32.1. The summed E-state index contributed by atoms with van der Waals surface area (Å²) in [7, 11) is 0. The van der Waals surface area contributed by atoms with Crippen LogP contribution in [-0.4, -0.2) is 11.8 Å². The smallest absolute Gasteiger partial charge is 0.306 e. The molecule has 3 nitrogen and oxygen atoms in total. The van der Waals surface area contributed by atoms with Crippen LogP contribution >= 0.6 is 11.3 Å². The van der Waals surface area contributed by atoms with Gasteiger partial charge in [-0.15, -0.1) is 11.3 Å². The summed E-state index contributed by atoms with van der Waals surface area (Å²) in [6.07, 6.45) is 0.279. The third kappa shape index (κ3) is 3.89. The Balaban J connectivity index is 1.51. The first-order valence-corrected chi connectivity index (χ1v) is 8.72. The van der Waals surface area contributed by atoms with Gasteiger partial charge in [0.25, 0.3) is 0 Å². The van der Waals surface area contributed by atoms with Crippen LogP contribution in [0.4, 0.5) is 0 Å². The van der Waals surface area contributed by atoms with Crippen molar-refractivity contribution < 1.29 is 14.3 Å². The Morgan fingerprint density at radius 2 is 1.75 bits per heavy atom. The molecule has 4 heteroatoms. The molecule has 0 atom stereocenters. The molecule has 0 spiro atoms. The maximum Gasteiger partial charge on any atom is 0.306 e. The number of benzene rings is 2. The second kappa shape index (κ2) is 7.41. The summed E-state index contributed by atoms with van der Waals surface area (Å²) in [5.74, 6) is -0.376. The van der Waals surface area contributed by atoms with E-state index in [9.17, 15) is 9.59 Å². The van der Waals surface area contributed by atoms with E-state index < -0.39 is 0 Å². The summed E-state index contributed by atoms with van der Waals surface area (Å²) in [4.78, 5) is 24.0. The lowest BCUT2D eigenvalue weighted by Gasteiger charge is -2.05. The maximum atomic E-state index is 12.1. The van der Waals surface area contributed by atoms with Gasteiger partial charge in [-0.2, -0.15) is 0 Å². The van der Waals surface area contributed by atoms with E-state index in [2.05, 4.69) is 0 Å². The average molecular weight is 338 g/mol. The van der Waals surface area contributed by atoms with Crippen LogP contribution in [0, 0.1) is 6.92 Å². The molecule has 0 saturated carbocycles. The first kappa shape index (κ1) is 16.4. The Hall–Kier alpha value is -2.46. The molecule has 3 rings (SSSR count). The van der Waals surface area contributed by atoms with E-state index in [1.165, 1.54) is 4.70 Å². The Morgan fingerprint density at radius 1 is 1.00 bits per heavy atom. The van der Waals surface area contributed by atoms with Crippen molar-refractivity contribution >= 4 is 33.2 Å². The fraction of sp³-hybridized carbons (Fsp3) is 0.200. The molecule has 0 aliphatic rings. The molecule has 0 N–H and O–H groups in total. The quantitative estimate of drug-likeness (QED) is 0.473. The SMILES string of the molecule is Cc1ccc(C(=O)CCC(=O)OCc2csc3ccccc23)cc1. The number of ether oxygens (including phenoxy) is 1. The fourth-order valence-electron chi connectivity index (χ4n) is 2.47. The summed E-state index contributed by atoms with van der Waals surface area (Å²) in [6.45, 7) is 2.22. The van der Waals surface area contributed by atoms with E-state index >= 15 is 0 Å². The average Bonchev–Trinajstić information content (AvgIpc) is 3.01. The van der Waals surface area contributed by atoms with Gasteiger partial charge in [0.05, 0.1) is 6.42 Å². The molecule has 2 aromatic carbocycles. The first-order valence-electron chi connectivity index (χ1n) is 7.84. The highest BCUT2D eigenvalue weighted by Crippen LogP contribution is 2.26. The van der Waals surface area contributed by atoms with E-state index in [0.29, 0.717) is 5.56 Å². The number of carbonyl (C=O) groups excluding carboxylic acids is 2. The molecular formula is C20H18O3S. The molecule has 122 valence electrons. The van der Waals surface area contributed by atoms with E-state index in [1.54, 1.807) is 23.5 Å². The number of ketones is 1. The van der Waals surface area contributed by atoms with Crippen molar-refractivity contribution in [3.05, 3.63) is 70.6 Å². The molecule has 0 unspecified atom stereocenters. The molecule has 0 aliphatic heterocycles. The number of aryl methyl sites for hydroxylation is 1. The molecule has 0 bridgehead atoms. The van der Waals surface area contributed by atoms with Crippen molar-refractivity contribution in [3.8, 4) is 0 Å². The minimum Gasteiger partial charge on any atom is -0.461 e. The zero-order valence-electron chi connectivity index (χ0n) is 13.5. The lowest BCUT2D eigenvalue weighted by molar-refractivity contribution is -0.144. The van der Waals surface area contributed by atoms with Crippen molar-refractivity contribution in [1.29, 1.82) is 0 Å². The maximum absolute atomic E-state index is 12.1. The summed E-state index contributed by atoms with van der Waals surface area (Å²) >= 11 is 1.64. The van der Waals surface area contributed by atoms with Crippen LogP contribution in [0.2, 0.25) is 0 Å². The highest BCUT2D eigenvalue weighted by Gasteiger charge is 2.11. The topological polar surface area (TPSA) is 43.4 Å². The van der Waals surface area contributed by atoms with Crippen LogP contribution < -0.4 is 0 Å². The number of Topliss-reactive ketones (excluding diaryl/α,β-unsaturated/α-hetero) is 1. The van der Waals surface area contributed by atoms with E-state index in [0.717, 1.165) is 16.5 Å². The molecule has 0 saturated heterocycles. The standard InChI is InChI=1S/C20H18O3S/c1-14-6-8-15(9-7-14)18(21)10-11-20(22)23-12-16-13-24-19-5-3-2-4-17(16)19/h2-9,13H,10-12H2,1H3. The van der Waals surface area contributed by atoms with Crippen molar-refractivity contribution in [2.75, 3.05) is 0 Å². The lowest BCUT2D eigenvalue weighted by Crippen LogP contribution is -2.08. The normalized spacial score (nSPS) is 10.7. The van der Waals surface area contributed by atoms with Crippen molar-refractivity contribution in [2.45, 2.75) is 26.4 Å². The van der Waals surface area contributed by atoms with E-state index in [4.69, 9.17) is 4.74 Å². The van der Waals surface area contributed by atoms with Gasteiger partial charge in [0, 0.05) is 22.2 Å². The van der Waals surface area contributed by atoms with Crippen LogP contribution in [0.15, 0.2) is 53.9 Å². The number of fused-ring (bicyclic) bond motifs is 1. The minimum atomic E-state index is -0.342. The van der Waals surface area contributed by atoms with Gasteiger partial charge in [-0.3, -0.25) is 9.59 Å². The van der Waals surface area contributed by atoms with Crippen LogP contribution in [0.1, 0.15) is 34.3 Å². The van der Waals surface area contributed by atoms with Crippen molar-refractivity contribution in [3.63, 3.8) is 0 Å². The lowest BCUT2D eigenvalue weighted by atomic mass is 10.1. The summed E-state index contributed by atoms with van der Waals surface area (Å²) < 4.78 is 6.49. The molecular weight excluding hydrogens is 320 g/mol. The van der Waals surface area contributed by atoms with E-state index in [1.807, 2.05) is 48.7 Å². The number of esters is 1. The summed E-state index contributed by atoms with van der Waals surface area (Å²) in [6, 6.07) is 15.4. The summed E-state index contributed by atoms with van der Waals surface area (Å²) in [5.41, 5.74) is 2.75. The van der Waals surface area contributed by atoms with Gasteiger partial charge in [0.2, 0.25) is 0 Å².